The summed E-state index contributed by atoms with van der Waals surface area (Å²) in [5, 5.41) is 7.32. The predicted octanol–water partition coefficient (Wildman–Crippen LogP) is 3.65. The van der Waals surface area contributed by atoms with E-state index in [9.17, 15) is 4.79 Å². The zero-order chi connectivity index (χ0) is 17.9. The van der Waals surface area contributed by atoms with Crippen LogP contribution in [-0.4, -0.2) is 34.5 Å². The number of anilines is 1. The molecule has 0 radical (unpaired) electrons. The van der Waals surface area contributed by atoms with Gasteiger partial charge in [-0.1, -0.05) is 49.7 Å². The molecule has 2 rings (SSSR count). The third-order valence-corrected chi connectivity index (χ3v) is 4.00. The number of hydrogen-bond donors (Lipinski definition) is 1. The van der Waals surface area contributed by atoms with Crippen LogP contribution in [0.1, 0.15) is 45.5 Å². The second-order valence-corrected chi connectivity index (χ2v) is 7.23. The highest BCUT2D eigenvalue weighted by molar-refractivity contribution is 6.33. The molecule has 6 nitrogen and oxygen atoms in total. The van der Waals surface area contributed by atoms with E-state index < -0.39 is 0 Å². The van der Waals surface area contributed by atoms with Crippen LogP contribution in [0.3, 0.4) is 0 Å². The molecule has 0 bridgehead atoms. The molecule has 1 aromatic heterocycles. The number of halogens is 1. The van der Waals surface area contributed by atoms with Crippen LogP contribution in [0.15, 0.2) is 28.8 Å². The molecule has 2 aromatic rings. The molecule has 1 aromatic carbocycles. The van der Waals surface area contributed by atoms with Gasteiger partial charge in [0.2, 0.25) is 11.8 Å². The standard InChI is InChI=1S/C17H23ClN4O2/c1-11(15-20-16(21-24-15)17(2,3)4)22(5)10-14(23)19-13-9-7-6-8-12(13)18/h6-9,11H,10H2,1-5H3,(H,19,23)/t11-/m1/s1. The van der Waals surface area contributed by atoms with Gasteiger partial charge in [0.1, 0.15) is 0 Å². The van der Waals surface area contributed by atoms with Crippen LogP contribution >= 0.6 is 11.6 Å². The van der Waals surface area contributed by atoms with Crippen molar-refractivity contribution in [3.8, 4) is 0 Å². The third-order valence-electron chi connectivity index (χ3n) is 3.67. The van der Waals surface area contributed by atoms with Crippen LogP contribution in [0, 0.1) is 0 Å². The van der Waals surface area contributed by atoms with Gasteiger partial charge in [0.05, 0.1) is 23.3 Å². The van der Waals surface area contributed by atoms with E-state index >= 15 is 0 Å². The number of amides is 1. The van der Waals surface area contributed by atoms with E-state index in [0.29, 0.717) is 22.4 Å². The molecular weight excluding hydrogens is 328 g/mol. The highest BCUT2D eigenvalue weighted by Gasteiger charge is 2.25. The Morgan fingerprint density at radius 2 is 2.04 bits per heavy atom. The van der Waals surface area contributed by atoms with Crippen LogP contribution in [-0.2, 0) is 10.2 Å². The molecule has 0 aliphatic heterocycles. The van der Waals surface area contributed by atoms with Crippen LogP contribution in [0.2, 0.25) is 5.02 Å². The maximum atomic E-state index is 12.2. The second kappa shape index (κ2) is 7.32. The lowest BCUT2D eigenvalue weighted by Gasteiger charge is -2.21. The quantitative estimate of drug-likeness (QED) is 0.891. The number of carbonyl (C=O) groups is 1. The Bertz CT molecular complexity index is 709. The molecule has 1 amide bonds. The Labute approximate surface area is 147 Å². The van der Waals surface area contributed by atoms with Gasteiger partial charge in [-0.25, -0.2) is 0 Å². The normalized spacial score (nSPS) is 13.1. The summed E-state index contributed by atoms with van der Waals surface area (Å²) >= 11 is 6.05. The van der Waals surface area contributed by atoms with Crippen LogP contribution in [0.4, 0.5) is 5.69 Å². The summed E-state index contributed by atoms with van der Waals surface area (Å²) < 4.78 is 5.34. The van der Waals surface area contributed by atoms with Gasteiger partial charge in [-0.3, -0.25) is 9.69 Å². The summed E-state index contributed by atoms with van der Waals surface area (Å²) in [5.41, 5.74) is 0.416. The van der Waals surface area contributed by atoms with Crippen molar-refractivity contribution in [1.29, 1.82) is 0 Å². The summed E-state index contributed by atoms with van der Waals surface area (Å²) in [4.78, 5) is 18.5. The van der Waals surface area contributed by atoms with E-state index in [1.54, 1.807) is 12.1 Å². The molecule has 1 heterocycles. The van der Waals surface area contributed by atoms with Crippen molar-refractivity contribution in [2.24, 2.45) is 0 Å². The minimum Gasteiger partial charge on any atom is -0.338 e. The van der Waals surface area contributed by atoms with Gasteiger partial charge >= 0.3 is 0 Å². The molecule has 24 heavy (non-hydrogen) atoms. The Morgan fingerprint density at radius 1 is 1.38 bits per heavy atom. The van der Waals surface area contributed by atoms with E-state index in [0.717, 1.165) is 0 Å². The van der Waals surface area contributed by atoms with E-state index in [-0.39, 0.29) is 23.9 Å². The van der Waals surface area contributed by atoms with Crippen molar-refractivity contribution in [3.63, 3.8) is 0 Å². The van der Waals surface area contributed by atoms with Gasteiger partial charge in [-0.2, -0.15) is 4.98 Å². The maximum absolute atomic E-state index is 12.2. The zero-order valence-corrected chi connectivity index (χ0v) is 15.4. The van der Waals surface area contributed by atoms with Gasteiger partial charge in [0.15, 0.2) is 5.82 Å². The molecule has 130 valence electrons. The maximum Gasteiger partial charge on any atom is 0.243 e. The number of benzene rings is 1. The first-order valence-electron chi connectivity index (χ1n) is 7.77. The van der Waals surface area contributed by atoms with Crippen LogP contribution in [0.25, 0.3) is 0 Å². The second-order valence-electron chi connectivity index (χ2n) is 6.83. The van der Waals surface area contributed by atoms with Crippen molar-refractivity contribution in [2.45, 2.75) is 39.2 Å². The van der Waals surface area contributed by atoms with E-state index in [2.05, 4.69) is 15.5 Å². The number of nitrogens with zero attached hydrogens (tertiary/aromatic N) is 3. The monoisotopic (exact) mass is 350 g/mol. The van der Waals surface area contributed by atoms with Crippen LogP contribution in [0.5, 0.6) is 0 Å². The fourth-order valence-corrected chi connectivity index (χ4v) is 2.20. The minimum atomic E-state index is -0.179. The number of carbonyl (C=O) groups excluding carboxylic acids is 1. The Hall–Kier alpha value is -1.92. The average molecular weight is 351 g/mol. The molecule has 7 heteroatoms. The lowest BCUT2D eigenvalue weighted by molar-refractivity contribution is -0.117. The summed E-state index contributed by atoms with van der Waals surface area (Å²) in [6.45, 7) is 8.16. The summed E-state index contributed by atoms with van der Waals surface area (Å²) in [7, 11) is 1.83. The molecule has 0 fully saturated rings. The van der Waals surface area contributed by atoms with E-state index in [1.165, 1.54) is 0 Å². The van der Waals surface area contributed by atoms with Crippen molar-refractivity contribution < 1.29 is 9.32 Å². The first-order chi connectivity index (χ1) is 11.2. The van der Waals surface area contributed by atoms with Gasteiger partial charge in [0.25, 0.3) is 0 Å². The fraction of sp³-hybridized carbons (Fsp3) is 0.471. The Kier molecular flexibility index (Phi) is 5.62. The smallest absolute Gasteiger partial charge is 0.243 e. The molecular formula is C17H23ClN4O2. The van der Waals surface area contributed by atoms with Crippen molar-refractivity contribution in [3.05, 3.63) is 41.0 Å². The molecule has 1 N–H and O–H groups in total. The largest absolute Gasteiger partial charge is 0.338 e. The predicted molar refractivity (Wildman–Crippen MR) is 94.1 cm³/mol. The minimum absolute atomic E-state index is 0.159. The molecule has 0 unspecified atom stereocenters. The fourth-order valence-electron chi connectivity index (χ4n) is 2.01. The van der Waals surface area contributed by atoms with Gasteiger partial charge in [-0.05, 0) is 26.1 Å². The van der Waals surface area contributed by atoms with Gasteiger partial charge < -0.3 is 9.84 Å². The van der Waals surface area contributed by atoms with E-state index in [4.69, 9.17) is 16.1 Å². The topological polar surface area (TPSA) is 71.3 Å². The lowest BCUT2D eigenvalue weighted by Crippen LogP contribution is -2.32. The van der Waals surface area contributed by atoms with Gasteiger partial charge in [0, 0.05) is 5.41 Å². The first-order valence-corrected chi connectivity index (χ1v) is 8.15. The highest BCUT2D eigenvalue weighted by Crippen LogP contribution is 2.23. The molecule has 0 saturated heterocycles. The van der Waals surface area contributed by atoms with Crippen molar-refractivity contribution in [2.75, 3.05) is 18.9 Å². The number of hydrogen-bond acceptors (Lipinski definition) is 5. The average Bonchev–Trinajstić information content (AvgIpc) is 2.98. The number of likely N-dealkylation sites (N-methyl/N-ethyl adjacent to an activating group) is 1. The number of para-hydroxylation sites is 1. The number of nitrogens with one attached hydrogen (secondary N) is 1. The molecule has 0 aliphatic rings. The Morgan fingerprint density at radius 3 is 2.62 bits per heavy atom. The number of aromatic nitrogens is 2. The molecule has 0 aliphatic carbocycles. The van der Waals surface area contributed by atoms with Crippen molar-refractivity contribution >= 4 is 23.2 Å². The SMILES string of the molecule is C[C@H](c1nc(C(C)(C)C)no1)N(C)CC(=O)Nc1ccccc1Cl. The summed E-state index contributed by atoms with van der Waals surface area (Å²) in [6, 6.07) is 6.95. The molecule has 0 spiro atoms. The summed E-state index contributed by atoms with van der Waals surface area (Å²) in [6.07, 6.45) is 0. The van der Waals surface area contributed by atoms with Crippen LogP contribution < -0.4 is 5.32 Å². The lowest BCUT2D eigenvalue weighted by atomic mass is 9.96. The summed E-state index contributed by atoms with van der Waals surface area (Å²) in [5.74, 6) is 0.985. The van der Waals surface area contributed by atoms with Gasteiger partial charge in [-0.15, -0.1) is 0 Å². The third kappa shape index (κ3) is 4.55. The zero-order valence-electron chi connectivity index (χ0n) is 14.6. The molecule has 0 saturated carbocycles. The highest BCUT2D eigenvalue weighted by atomic mass is 35.5. The molecule has 1 atom stereocenters. The van der Waals surface area contributed by atoms with E-state index in [1.807, 2.05) is 51.8 Å². The Balaban J connectivity index is 1.98. The van der Waals surface area contributed by atoms with Crippen molar-refractivity contribution in [1.82, 2.24) is 15.0 Å². The number of rotatable bonds is 5. The first kappa shape index (κ1) is 18.4.